The van der Waals surface area contributed by atoms with E-state index in [2.05, 4.69) is 4.98 Å². The van der Waals surface area contributed by atoms with E-state index in [-0.39, 0.29) is 23.3 Å². The molecule has 0 unspecified atom stereocenters. The van der Waals surface area contributed by atoms with Gasteiger partial charge in [-0.25, -0.2) is 4.39 Å². The molecule has 1 atom stereocenters. The Kier molecular flexibility index (Phi) is 5.00. The molecule has 0 aliphatic carbocycles. The molecular weight excluding hydrogens is 331 g/mol. The highest BCUT2D eigenvalue weighted by Gasteiger charge is 2.29. The average Bonchev–Trinajstić information content (AvgIpc) is 2.82. The van der Waals surface area contributed by atoms with Gasteiger partial charge < -0.3 is 9.88 Å². The summed E-state index contributed by atoms with van der Waals surface area (Å²) >= 11 is 5.92. The van der Waals surface area contributed by atoms with Gasteiger partial charge in [0.15, 0.2) is 0 Å². The third-order valence-electron chi connectivity index (χ3n) is 4.35. The van der Waals surface area contributed by atoms with Crippen LogP contribution in [0.2, 0.25) is 5.02 Å². The monoisotopic (exact) mass is 348 g/mol. The Morgan fingerprint density at radius 1 is 1.25 bits per heavy atom. The third-order valence-corrected chi connectivity index (χ3v) is 4.56. The highest BCUT2D eigenvalue weighted by atomic mass is 35.5. The maximum atomic E-state index is 13.6. The summed E-state index contributed by atoms with van der Waals surface area (Å²) in [6, 6.07) is 7.45. The predicted molar refractivity (Wildman–Crippen MR) is 90.7 cm³/mol. The number of halogens is 2. The molecule has 1 N–H and O–H groups in total. The van der Waals surface area contributed by atoms with Crippen molar-refractivity contribution in [1.29, 1.82) is 0 Å². The number of nitrogens with zero attached hydrogens (tertiary/aromatic N) is 1. The van der Waals surface area contributed by atoms with Gasteiger partial charge in [-0.2, -0.15) is 0 Å². The molecule has 1 saturated heterocycles. The molecule has 4 nitrogen and oxygen atoms in total. The Hall–Kier alpha value is -2.14. The first-order valence-electron chi connectivity index (χ1n) is 8.01. The van der Waals surface area contributed by atoms with Gasteiger partial charge in [-0.15, -0.1) is 0 Å². The molecule has 2 aromatic rings. The number of likely N-dealkylation sites (tertiary alicyclic amines) is 1. The van der Waals surface area contributed by atoms with Crippen molar-refractivity contribution in [3.05, 3.63) is 68.8 Å². The first-order chi connectivity index (χ1) is 11.6. The second-order valence-corrected chi connectivity index (χ2v) is 6.42. The number of amides is 1. The number of H-pyrrole nitrogens is 1. The molecule has 0 saturated carbocycles. The number of carbonyl (C=O) groups is 1. The van der Waals surface area contributed by atoms with E-state index in [1.165, 1.54) is 24.4 Å². The van der Waals surface area contributed by atoms with Gasteiger partial charge in [0.25, 0.3) is 11.5 Å². The molecule has 1 fully saturated rings. The zero-order valence-corrected chi connectivity index (χ0v) is 13.9. The fourth-order valence-electron chi connectivity index (χ4n) is 3.18. The van der Waals surface area contributed by atoms with Gasteiger partial charge >= 0.3 is 0 Å². The lowest BCUT2D eigenvalue weighted by Gasteiger charge is -2.30. The second kappa shape index (κ2) is 7.18. The van der Waals surface area contributed by atoms with E-state index in [1.807, 2.05) is 6.07 Å². The molecular formula is C18H18ClFN2O2. The van der Waals surface area contributed by atoms with Crippen molar-refractivity contribution >= 4 is 17.5 Å². The first kappa shape index (κ1) is 16.7. The number of hydrogen-bond donors (Lipinski definition) is 1. The maximum Gasteiger partial charge on any atom is 0.260 e. The van der Waals surface area contributed by atoms with E-state index in [0.717, 1.165) is 31.2 Å². The van der Waals surface area contributed by atoms with Crippen molar-refractivity contribution in [1.82, 2.24) is 9.88 Å². The molecule has 3 rings (SSSR count). The lowest BCUT2D eigenvalue weighted by molar-refractivity contribution is 0.0678. The van der Waals surface area contributed by atoms with Crippen LogP contribution in [0.4, 0.5) is 4.39 Å². The number of hydrogen-bond acceptors (Lipinski definition) is 2. The second-order valence-electron chi connectivity index (χ2n) is 5.98. The van der Waals surface area contributed by atoms with Gasteiger partial charge in [0.05, 0.1) is 11.1 Å². The lowest BCUT2D eigenvalue weighted by Crippen LogP contribution is -2.37. The normalized spacial score (nSPS) is 18.2. The van der Waals surface area contributed by atoms with Crippen LogP contribution >= 0.6 is 11.6 Å². The minimum Gasteiger partial charge on any atom is -0.331 e. The Balaban J connectivity index is 1.99. The summed E-state index contributed by atoms with van der Waals surface area (Å²) in [4.78, 5) is 29.1. The molecule has 1 aromatic heterocycles. The van der Waals surface area contributed by atoms with Crippen LogP contribution in [0.15, 0.2) is 41.3 Å². The fraction of sp³-hybridized carbons (Fsp3) is 0.333. The molecule has 2 heterocycles. The summed E-state index contributed by atoms with van der Waals surface area (Å²) in [6.07, 6.45) is 4.91. The van der Waals surface area contributed by atoms with Crippen molar-refractivity contribution in [3.63, 3.8) is 0 Å². The van der Waals surface area contributed by atoms with E-state index in [4.69, 9.17) is 11.6 Å². The minimum absolute atomic E-state index is 0.0193. The Morgan fingerprint density at radius 2 is 2.08 bits per heavy atom. The molecule has 0 bridgehead atoms. The quantitative estimate of drug-likeness (QED) is 0.894. The van der Waals surface area contributed by atoms with E-state index in [1.54, 1.807) is 11.0 Å². The zero-order chi connectivity index (χ0) is 17.1. The van der Waals surface area contributed by atoms with Gasteiger partial charge in [-0.1, -0.05) is 36.6 Å². The summed E-state index contributed by atoms with van der Waals surface area (Å²) < 4.78 is 13.6. The van der Waals surface area contributed by atoms with Crippen LogP contribution in [0.3, 0.4) is 0 Å². The smallest absolute Gasteiger partial charge is 0.260 e. The Morgan fingerprint density at radius 3 is 2.88 bits per heavy atom. The summed E-state index contributed by atoms with van der Waals surface area (Å²) in [5, 5.41) is 0.301. The van der Waals surface area contributed by atoms with Crippen molar-refractivity contribution in [2.75, 3.05) is 6.54 Å². The Labute approximate surface area is 144 Å². The fourth-order valence-corrected chi connectivity index (χ4v) is 3.35. The number of pyridine rings is 1. The molecule has 0 spiro atoms. The van der Waals surface area contributed by atoms with Crippen LogP contribution in [-0.4, -0.2) is 22.3 Å². The highest BCUT2D eigenvalue weighted by molar-refractivity contribution is 6.30. The van der Waals surface area contributed by atoms with Gasteiger partial charge in [0.2, 0.25) is 0 Å². The van der Waals surface area contributed by atoms with E-state index in [0.29, 0.717) is 11.6 Å². The van der Waals surface area contributed by atoms with Crippen molar-refractivity contribution in [2.24, 2.45) is 0 Å². The van der Waals surface area contributed by atoms with Crippen molar-refractivity contribution in [3.8, 4) is 0 Å². The highest BCUT2D eigenvalue weighted by Crippen LogP contribution is 2.31. The van der Waals surface area contributed by atoms with Crippen molar-refractivity contribution < 1.29 is 9.18 Å². The largest absolute Gasteiger partial charge is 0.331 e. The number of rotatable bonds is 2. The molecule has 1 aliphatic heterocycles. The maximum absolute atomic E-state index is 13.6. The lowest BCUT2D eigenvalue weighted by atomic mass is 10.00. The molecule has 6 heteroatoms. The van der Waals surface area contributed by atoms with Crippen LogP contribution in [0.25, 0.3) is 0 Å². The molecule has 24 heavy (non-hydrogen) atoms. The van der Waals surface area contributed by atoms with Crippen LogP contribution in [-0.2, 0) is 0 Å². The van der Waals surface area contributed by atoms with E-state index < -0.39 is 5.56 Å². The van der Waals surface area contributed by atoms with E-state index >= 15 is 0 Å². The van der Waals surface area contributed by atoms with Gasteiger partial charge in [0, 0.05) is 12.7 Å². The topological polar surface area (TPSA) is 53.2 Å². The summed E-state index contributed by atoms with van der Waals surface area (Å²) in [6.45, 7) is 0.534. The molecule has 1 aliphatic rings. The zero-order valence-electron chi connectivity index (χ0n) is 13.1. The SMILES string of the molecule is O=C(c1cc(Cl)c[nH]c1=O)N1CCCCC[C@@H]1c1cccc(F)c1. The summed E-state index contributed by atoms with van der Waals surface area (Å²) in [5.74, 6) is -0.695. The summed E-state index contributed by atoms with van der Waals surface area (Å²) in [7, 11) is 0. The Bertz CT molecular complexity index is 806. The van der Waals surface area contributed by atoms with Crippen LogP contribution in [0.5, 0.6) is 0 Å². The number of benzene rings is 1. The van der Waals surface area contributed by atoms with Gasteiger partial charge in [-0.05, 0) is 36.6 Å². The molecule has 0 radical (unpaired) electrons. The number of carbonyl (C=O) groups excluding carboxylic acids is 1. The van der Waals surface area contributed by atoms with Gasteiger partial charge in [-0.3, -0.25) is 9.59 Å². The summed E-state index contributed by atoms with van der Waals surface area (Å²) in [5.41, 5.74) is 0.307. The third kappa shape index (κ3) is 3.51. The van der Waals surface area contributed by atoms with Crippen molar-refractivity contribution in [2.45, 2.75) is 31.7 Å². The first-order valence-corrected chi connectivity index (χ1v) is 8.39. The standard InChI is InChI=1S/C18H18ClFN2O2/c19-13-10-15(17(23)21-11-13)18(24)22-8-3-1-2-7-16(22)12-5-4-6-14(20)9-12/h4-6,9-11,16H,1-3,7-8H2,(H,21,23)/t16-/m1/s1. The average molecular weight is 349 g/mol. The molecule has 1 amide bonds. The van der Waals surface area contributed by atoms with Gasteiger partial charge in [0.1, 0.15) is 11.4 Å². The number of aromatic amines is 1. The molecule has 126 valence electrons. The van der Waals surface area contributed by atoms with Crippen LogP contribution < -0.4 is 5.56 Å². The predicted octanol–water partition coefficient (Wildman–Crippen LogP) is 3.92. The minimum atomic E-state index is -0.466. The van der Waals surface area contributed by atoms with Crippen LogP contribution in [0, 0.1) is 5.82 Å². The van der Waals surface area contributed by atoms with E-state index in [9.17, 15) is 14.0 Å². The number of aromatic nitrogens is 1. The number of nitrogens with one attached hydrogen (secondary N) is 1. The van der Waals surface area contributed by atoms with Crippen LogP contribution in [0.1, 0.15) is 47.6 Å². The molecule has 1 aromatic carbocycles.